The van der Waals surface area contributed by atoms with E-state index < -0.39 is 17.7 Å². The van der Waals surface area contributed by atoms with Gasteiger partial charge in [-0.2, -0.15) is 13.2 Å². The first-order valence-electron chi connectivity index (χ1n) is 8.93. The van der Waals surface area contributed by atoms with E-state index in [1.807, 2.05) is 0 Å². The molecule has 0 saturated carbocycles. The summed E-state index contributed by atoms with van der Waals surface area (Å²) < 4.78 is 39.5. The minimum absolute atomic E-state index is 0.00398. The van der Waals surface area contributed by atoms with Crippen molar-refractivity contribution in [2.24, 2.45) is 11.3 Å². The van der Waals surface area contributed by atoms with E-state index in [2.05, 4.69) is 13.8 Å². The van der Waals surface area contributed by atoms with Crippen LogP contribution in [0.15, 0.2) is 18.2 Å². The number of rotatable bonds is 4. The quantitative estimate of drug-likeness (QED) is 0.551. The summed E-state index contributed by atoms with van der Waals surface area (Å²) in [5.74, 6) is 4.66. The molecule has 1 aromatic heterocycles. The van der Waals surface area contributed by atoms with Gasteiger partial charge in [0.15, 0.2) is 0 Å². The molecule has 1 aliphatic rings. The van der Waals surface area contributed by atoms with E-state index in [4.69, 9.17) is 5.84 Å². The fraction of sp³-hybridized carbons (Fsp3) is 0.450. The Morgan fingerprint density at radius 1 is 1.36 bits per heavy atom. The second-order valence-electron chi connectivity index (χ2n) is 8.14. The lowest BCUT2D eigenvalue weighted by molar-refractivity contribution is -0.137. The molecule has 1 aliphatic carbocycles. The van der Waals surface area contributed by atoms with Crippen molar-refractivity contribution in [3.05, 3.63) is 45.3 Å². The summed E-state index contributed by atoms with van der Waals surface area (Å²) in [4.78, 5) is 13.6. The molecule has 8 heteroatoms. The molecule has 4 nitrogen and oxygen atoms in total. The van der Waals surface area contributed by atoms with Crippen molar-refractivity contribution in [2.45, 2.75) is 45.8 Å². The van der Waals surface area contributed by atoms with Crippen LogP contribution in [0.5, 0.6) is 0 Å². The summed E-state index contributed by atoms with van der Waals surface area (Å²) in [7, 11) is 1.56. The van der Waals surface area contributed by atoms with Gasteiger partial charge in [0.1, 0.15) is 0 Å². The lowest BCUT2D eigenvalue weighted by atomic mass is 9.76. The number of carboxylic acid groups (broad SMARTS) is 1. The Morgan fingerprint density at radius 2 is 2.04 bits per heavy atom. The number of hydrogen-bond donors (Lipinski definition) is 2. The van der Waals surface area contributed by atoms with Crippen LogP contribution in [0.25, 0.3) is 10.4 Å². The Bertz CT molecular complexity index is 917. The molecule has 2 aromatic rings. The van der Waals surface area contributed by atoms with Gasteiger partial charge < -0.3 is 5.11 Å². The normalized spacial score (nSPS) is 16.3. The molecule has 0 aliphatic heterocycles. The van der Waals surface area contributed by atoms with Crippen LogP contribution in [0.3, 0.4) is 0 Å². The number of nitrogens with zero attached hydrogens (tertiary/aromatic N) is 1. The average molecular weight is 412 g/mol. The summed E-state index contributed by atoms with van der Waals surface area (Å²) >= 11 is 1.38. The number of fused-ring (bicyclic) bond motifs is 1. The molecule has 0 radical (unpaired) electrons. The fourth-order valence-corrected chi connectivity index (χ4v) is 5.10. The molecule has 3 rings (SSSR count). The molecule has 0 unspecified atom stereocenters. The summed E-state index contributed by atoms with van der Waals surface area (Å²) in [6, 6.07) is 3.44. The van der Waals surface area contributed by atoms with Crippen LogP contribution in [0.4, 0.5) is 13.2 Å². The number of nitrogens with two attached hydrogens (primary N) is 1. The Kier molecular flexibility index (Phi) is 5.33. The molecule has 1 heterocycles. The number of benzene rings is 1. The molecule has 0 spiro atoms. The third-order valence-corrected chi connectivity index (χ3v) is 6.41. The van der Waals surface area contributed by atoms with E-state index in [1.165, 1.54) is 22.4 Å². The zero-order valence-electron chi connectivity index (χ0n) is 16.0. The number of alkyl halides is 3. The van der Waals surface area contributed by atoms with Crippen LogP contribution in [0.1, 0.15) is 52.2 Å². The molecule has 0 amide bonds. The van der Waals surface area contributed by atoms with E-state index >= 15 is 0 Å². The summed E-state index contributed by atoms with van der Waals surface area (Å²) in [6.45, 7) is 4.28. The van der Waals surface area contributed by atoms with Gasteiger partial charge in [0.25, 0.3) is 0 Å². The Hall–Kier alpha value is -1.90. The minimum atomic E-state index is -4.48. The molecular weight excluding hydrogens is 389 g/mol. The highest BCUT2D eigenvalue weighted by atomic mass is 32.1. The van der Waals surface area contributed by atoms with Gasteiger partial charge in [0.05, 0.1) is 11.1 Å². The molecule has 0 bridgehead atoms. The molecule has 28 heavy (non-hydrogen) atoms. The van der Waals surface area contributed by atoms with E-state index in [-0.39, 0.29) is 17.5 Å². The van der Waals surface area contributed by atoms with E-state index in [9.17, 15) is 23.1 Å². The van der Waals surface area contributed by atoms with Gasteiger partial charge in [0, 0.05) is 23.3 Å². The van der Waals surface area contributed by atoms with Crippen molar-refractivity contribution in [1.29, 1.82) is 0 Å². The maximum Gasteiger partial charge on any atom is 0.416 e. The number of aromatic carboxylic acids is 1. The third kappa shape index (κ3) is 4.09. The second kappa shape index (κ2) is 7.17. The SMILES string of the molecule is CN(N)Cc1cc(C(F)(F)F)ccc1-c1sc2c(c1C(=O)O)CC(C)(C)CC2. The van der Waals surface area contributed by atoms with Crippen LogP contribution in [0.2, 0.25) is 0 Å². The van der Waals surface area contributed by atoms with Gasteiger partial charge in [-0.15, -0.1) is 11.3 Å². The Labute approximate surface area is 165 Å². The number of hydrazine groups is 1. The Balaban J connectivity index is 2.21. The third-order valence-electron chi connectivity index (χ3n) is 5.09. The van der Waals surface area contributed by atoms with Crippen LogP contribution in [-0.4, -0.2) is 23.1 Å². The maximum atomic E-state index is 13.2. The first-order valence-corrected chi connectivity index (χ1v) is 9.75. The zero-order chi connectivity index (χ0) is 20.9. The van der Waals surface area contributed by atoms with E-state index in [0.717, 1.165) is 35.4 Å². The van der Waals surface area contributed by atoms with E-state index in [0.29, 0.717) is 22.4 Å². The van der Waals surface area contributed by atoms with Crippen molar-refractivity contribution in [3.8, 4) is 10.4 Å². The monoisotopic (exact) mass is 412 g/mol. The first kappa shape index (κ1) is 20.8. The standard InChI is InChI=1S/C20H23F3N2O2S/c1-19(2)7-6-15-14(9-19)16(18(26)27)17(28-15)13-5-4-12(20(21,22)23)8-11(13)10-25(3)24/h4-5,8H,6-7,9-10,24H2,1-3H3,(H,26,27). The molecule has 1 aromatic carbocycles. The number of halogens is 3. The van der Waals surface area contributed by atoms with E-state index in [1.54, 1.807) is 7.05 Å². The highest BCUT2D eigenvalue weighted by Crippen LogP contribution is 2.46. The molecular formula is C20H23F3N2O2S. The van der Waals surface area contributed by atoms with Gasteiger partial charge in [-0.25, -0.2) is 9.80 Å². The zero-order valence-corrected chi connectivity index (χ0v) is 16.8. The molecule has 152 valence electrons. The van der Waals surface area contributed by atoms with Crippen LogP contribution >= 0.6 is 11.3 Å². The second-order valence-corrected chi connectivity index (χ2v) is 9.24. The van der Waals surface area contributed by atoms with Crippen molar-refractivity contribution in [3.63, 3.8) is 0 Å². The van der Waals surface area contributed by atoms with Crippen LogP contribution < -0.4 is 5.84 Å². The lowest BCUT2D eigenvalue weighted by Gasteiger charge is -2.29. The highest BCUT2D eigenvalue weighted by Gasteiger charge is 2.35. The fourth-order valence-electron chi connectivity index (χ4n) is 3.73. The number of carboxylic acids is 1. The van der Waals surface area contributed by atoms with Crippen molar-refractivity contribution >= 4 is 17.3 Å². The predicted octanol–water partition coefficient (Wildman–Crippen LogP) is 4.95. The molecule has 0 saturated heterocycles. The number of aryl methyl sites for hydroxylation is 1. The first-order chi connectivity index (χ1) is 12.9. The van der Waals surface area contributed by atoms with Gasteiger partial charge >= 0.3 is 12.1 Å². The molecule has 0 fully saturated rings. The summed E-state index contributed by atoms with van der Waals surface area (Å²) in [5, 5.41) is 11.2. The molecule has 0 atom stereocenters. The van der Waals surface area contributed by atoms with Crippen molar-refractivity contribution in [2.75, 3.05) is 7.05 Å². The van der Waals surface area contributed by atoms with Crippen LogP contribution in [0, 0.1) is 5.41 Å². The summed E-state index contributed by atoms with van der Waals surface area (Å²) in [5.41, 5.74) is 1.12. The number of hydrogen-bond acceptors (Lipinski definition) is 4. The predicted molar refractivity (Wildman–Crippen MR) is 103 cm³/mol. The lowest BCUT2D eigenvalue weighted by Crippen LogP contribution is -2.25. The van der Waals surface area contributed by atoms with Crippen molar-refractivity contribution in [1.82, 2.24) is 5.01 Å². The number of carbonyl (C=O) groups is 1. The maximum absolute atomic E-state index is 13.2. The van der Waals surface area contributed by atoms with Gasteiger partial charge in [-0.3, -0.25) is 5.84 Å². The summed E-state index contributed by atoms with van der Waals surface area (Å²) in [6.07, 6.45) is -2.10. The average Bonchev–Trinajstić information content (AvgIpc) is 2.90. The van der Waals surface area contributed by atoms with Gasteiger partial charge in [0.2, 0.25) is 0 Å². The molecule has 3 N–H and O–H groups in total. The van der Waals surface area contributed by atoms with Gasteiger partial charge in [-0.1, -0.05) is 19.9 Å². The topological polar surface area (TPSA) is 66.6 Å². The number of thiophene rings is 1. The van der Waals surface area contributed by atoms with Crippen LogP contribution in [-0.2, 0) is 25.6 Å². The largest absolute Gasteiger partial charge is 0.478 e. The minimum Gasteiger partial charge on any atom is -0.478 e. The van der Waals surface area contributed by atoms with Gasteiger partial charge in [-0.05, 0) is 53.5 Å². The smallest absolute Gasteiger partial charge is 0.416 e. The Morgan fingerprint density at radius 3 is 2.61 bits per heavy atom. The highest BCUT2D eigenvalue weighted by molar-refractivity contribution is 7.16. The van der Waals surface area contributed by atoms with Crippen molar-refractivity contribution < 1.29 is 23.1 Å².